The molecule has 21 heavy (non-hydrogen) atoms. The van der Waals surface area contributed by atoms with Crippen molar-refractivity contribution < 1.29 is 17.6 Å². The molecule has 4 N–H and O–H groups in total. The van der Waals surface area contributed by atoms with Gasteiger partial charge in [0.1, 0.15) is 5.82 Å². The lowest BCUT2D eigenvalue weighted by molar-refractivity contribution is -0.120. The average molecular weight is 330 g/mol. The first-order valence-electron chi connectivity index (χ1n) is 5.63. The molecule has 0 atom stereocenters. The third-order valence-electron chi connectivity index (χ3n) is 2.36. The third-order valence-corrected chi connectivity index (χ3v) is 4.35. The molecule has 0 aliphatic rings. The van der Waals surface area contributed by atoms with Gasteiger partial charge in [-0.15, -0.1) is 16.2 Å². The van der Waals surface area contributed by atoms with Gasteiger partial charge in [-0.05, 0) is 24.3 Å². The Balaban J connectivity index is 1.95. The van der Waals surface area contributed by atoms with Crippen LogP contribution in [0.5, 0.6) is 0 Å². The van der Waals surface area contributed by atoms with Crippen LogP contribution in [0.15, 0.2) is 34.5 Å². The Labute approximate surface area is 124 Å². The van der Waals surface area contributed by atoms with Gasteiger partial charge < -0.3 is 5.73 Å². The highest BCUT2D eigenvalue weighted by Gasteiger charge is 2.15. The molecule has 0 aliphatic heterocycles. The van der Waals surface area contributed by atoms with Gasteiger partial charge in [-0.25, -0.2) is 17.8 Å². The van der Waals surface area contributed by atoms with Crippen LogP contribution < -0.4 is 16.0 Å². The van der Waals surface area contributed by atoms with Crippen molar-refractivity contribution in [3.8, 4) is 0 Å². The lowest BCUT2D eigenvalue weighted by atomic mass is 10.3. The number of sulfonamides is 1. The molecule has 0 aliphatic carbocycles. The number of carbonyl (C=O) groups excluding carboxylic acids is 1. The van der Waals surface area contributed by atoms with E-state index in [1.165, 1.54) is 11.3 Å². The lowest BCUT2D eigenvalue weighted by Crippen LogP contribution is -2.42. The number of aromatic nitrogens is 1. The van der Waals surface area contributed by atoms with Crippen molar-refractivity contribution in [1.82, 2.24) is 15.2 Å². The number of nitrogens with zero attached hydrogens (tertiary/aromatic N) is 1. The zero-order valence-corrected chi connectivity index (χ0v) is 12.2. The first-order valence-corrected chi connectivity index (χ1v) is 7.99. The number of nitrogen functional groups attached to an aromatic ring is 1. The monoisotopic (exact) mass is 330 g/mol. The second-order valence-electron chi connectivity index (χ2n) is 3.96. The van der Waals surface area contributed by atoms with Crippen LogP contribution in [0, 0.1) is 5.82 Å². The molecule has 112 valence electrons. The Kier molecular flexibility index (Phi) is 4.50. The van der Waals surface area contributed by atoms with Crippen molar-refractivity contribution in [1.29, 1.82) is 0 Å². The van der Waals surface area contributed by atoms with Crippen LogP contribution in [-0.2, 0) is 21.2 Å². The molecule has 7 nitrogen and oxygen atoms in total. The predicted molar refractivity (Wildman–Crippen MR) is 75.1 cm³/mol. The van der Waals surface area contributed by atoms with Crippen LogP contribution in [-0.4, -0.2) is 19.3 Å². The molecule has 0 saturated carbocycles. The minimum absolute atomic E-state index is 0.111. The quantitative estimate of drug-likeness (QED) is 0.687. The van der Waals surface area contributed by atoms with E-state index < -0.39 is 21.7 Å². The number of hydrogen-bond acceptors (Lipinski definition) is 6. The van der Waals surface area contributed by atoms with Crippen LogP contribution in [0.2, 0.25) is 0 Å². The molecule has 1 amide bonds. The maximum Gasteiger partial charge on any atom is 0.257 e. The fraction of sp³-hybridized carbons (Fsp3) is 0.0909. The van der Waals surface area contributed by atoms with Crippen LogP contribution in [0.4, 0.5) is 9.52 Å². The van der Waals surface area contributed by atoms with Gasteiger partial charge >= 0.3 is 0 Å². The highest BCUT2D eigenvalue weighted by Crippen LogP contribution is 2.11. The second kappa shape index (κ2) is 6.16. The number of hydrogen-bond donors (Lipinski definition) is 3. The molecule has 0 radical (unpaired) electrons. The molecule has 0 spiro atoms. The molecule has 2 aromatic rings. The minimum atomic E-state index is -3.95. The summed E-state index contributed by atoms with van der Waals surface area (Å²) < 4.78 is 36.4. The molecule has 0 fully saturated rings. The molecule has 10 heteroatoms. The van der Waals surface area contributed by atoms with Crippen LogP contribution >= 0.6 is 11.3 Å². The average Bonchev–Trinajstić information content (AvgIpc) is 2.82. The summed E-state index contributed by atoms with van der Waals surface area (Å²) in [4.78, 5) is 17.2. The Morgan fingerprint density at radius 2 is 2.00 bits per heavy atom. The zero-order valence-electron chi connectivity index (χ0n) is 10.5. The zero-order chi connectivity index (χ0) is 15.5. The van der Waals surface area contributed by atoms with Gasteiger partial charge in [-0.3, -0.25) is 10.2 Å². The van der Waals surface area contributed by atoms with E-state index in [9.17, 15) is 17.6 Å². The van der Waals surface area contributed by atoms with Crippen molar-refractivity contribution in [2.45, 2.75) is 11.3 Å². The number of halogens is 1. The molecule has 0 bridgehead atoms. The molecule has 0 saturated heterocycles. The van der Waals surface area contributed by atoms with Crippen molar-refractivity contribution in [3.63, 3.8) is 0 Å². The SMILES string of the molecule is Nc1nc(CC(=O)NNS(=O)(=O)c2ccc(F)cc2)cs1. The van der Waals surface area contributed by atoms with E-state index in [2.05, 4.69) is 4.98 Å². The summed E-state index contributed by atoms with van der Waals surface area (Å²) in [7, 11) is -3.95. The third kappa shape index (κ3) is 4.21. The summed E-state index contributed by atoms with van der Waals surface area (Å²) in [6.07, 6.45) is -0.111. The first kappa shape index (κ1) is 15.4. The Hall–Kier alpha value is -2.04. The molecule has 1 aromatic carbocycles. The van der Waals surface area contributed by atoms with Gasteiger partial charge in [0, 0.05) is 5.38 Å². The molecule has 0 unspecified atom stereocenters. The number of nitrogens with one attached hydrogen (secondary N) is 2. The highest BCUT2D eigenvalue weighted by molar-refractivity contribution is 7.89. The van der Waals surface area contributed by atoms with E-state index in [0.29, 0.717) is 10.8 Å². The normalized spacial score (nSPS) is 11.3. The van der Waals surface area contributed by atoms with E-state index in [4.69, 9.17) is 5.73 Å². The number of hydrazine groups is 1. The van der Waals surface area contributed by atoms with Crippen LogP contribution in [0.3, 0.4) is 0 Å². The summed E-state index contributed by atoms with van der Waals surface area (Å²) in [6.45, 7) is 0. The predicted octanol–water partition coefficient (Wildman–Crippen LogP) is 0.417. The van der Waals surface area contributed by atoms with Crippen LogP contribution in [0.25, 0.3) is 0 Å². The maximum absolute atomic E-state index is 12.7. The number of anilines is 1. The number of amides is 1. The Morgan fingerprint density at radius 3 is 2.57 bits per heavy atom. The lowest BCUT2D eigenvalue weighted by Gasteiger charge is -2.07. The van der Waals surface area contributed by atoms with Crippen molar-refractivity contribution in [2.75, 3.05) is 5.73 Å². The summed E-state index contributed by atoms with van der Waals surface area (Å²) >= 11 is 1.18. The number of thiazole rings is 1. The molecular formula is C11H11FN4O3S2. The molecule has 1 aromatic heterocycles. The van der Waals surface area contributed by atoms with Gasteiger partial charge in [0.25, 0.3) is 10.0 Å². The summed E-state index contributed by atoms with van der Waals surface area (Å²) in [5.74, 6) is -1.15. The summed E-state index contributed by atoms with van der Waals surface area (Å²) in [5, 5.41) is 1.92. The molecule has 1 heterocycles. The number of benzene rings is 1. The van der Waals surface area contributed by atoms with Crippen molar-refractivity contribution in [3.05, 3.63) is 41.2 Å². The van der Waals surface area contributed by atoms with Gasteiger partial charge in [0.05, 0.1) is 17.0 Å². The minimum Gasteiger partial charge on any atom is -0.375 e. The number of carbonyl (C=O) groups is 1. The number of nitrogens with two attached hydrogens (primary N) is 1. The maximum atomic E-state index is 12.7. The summed E-state index contributed by atoms with van der Waals surface area (Å²) in [6, 6.07) is 4.19. The van der Waals surface area contributed by atoms with E-state index in [1.54, 1.807) is 5.38 Å². The van der Waals surface area contributed by atoms with Gasteiger partial charge in [-0.2, -0.15) is 0 Å². The van der Waals surface area contributed by atoms with Crippen molar-refractivity contribution in [2.24, 2.45) is 0 Å². The largest absolute Gasteiger partial charge is 0.375 e. The Bertz CT molecular complexity index is 743. The molecule has 2 rings (SSSR count). The first-order chi connectivity index (χ1) is 9.87. The summed E-state index contributed by atoms with van der Waals surface area (Å²) in [5.41, 5.74) is 7.91. The topological polar surface area (TPSA) is 114 Å². The van der Waals surface area contributed by atoms with E-state index >= 15 is 0 Å². The highest BCUT2D eigenvalue weighted by atomic mass is 32.2. The second-order valence-corrected chi connectivity index (χ2v) is 6.53. The van der Waals surface area contributed by atoms with Crippen molar-refractivity contribution >= 4 is 32.4 Å². The van der Waals surface area contributed by atoms with Gasteiger partial charge in [0.2, 0.25) is 5.91 Å². The van der Waals surface area contributed by atoms with Gasteiger partial charge in [0.15, 0.2) is 5.13 Å². The smallest absolute Gasteiger partial charge is 0.257 e. The molecular weight excluding hydrogens is 319 g/mol. The fourth-order valence-corrected chi connectivity index (χ4v) is 2.83. The fourth-order valence-electron chi connectivity index (χ4n) is 1.41. The van der Waals surface area contributed by atoms with Crippen LogP contribution in [0.1, 0.15) is 5.69 Å². The Morgan fingerprint density at radius 1 is 1.33 bits per heavy atom. The van der Waals surface area contributed by atoms with E-state index in [1.807, 2.05) is 10.3 Å². The van der Waals surface area contributed by atoms with E-state index in [-0.39, 0.29) is 11.3 Å². The van der Waals surface area contributed by atoms with Gasteiger partial charge in [-0.1, -0.05) is 0 Å². The standard InChI is InChI=1S/C11H11FN4O3S2/c12-7-1-3-9(4-2-7)21(18,19)16-15-10(17)5-8-6-20-11(13)14-8/h1-4,6,16H,5H2,(H2,13,14)(H,15,17). The number of rotatable bonds is 5. The van der Waals surface area contributed by atoms with E-state index in [0.717, 1.165) is 24.3 Å².